The van der Waals surface area contributed by atoms with Gasteiger partial charge >= 0.3 is 0 Å². The van der Waals surface area contributed by atoms with E-state index in [1.54, 1.807) is 20.1 Å². The third-order valence-electron chi connectivity index (χ3n) is 8.14. The summed E-state index contributed by atoms with van der Waals surface area (Å²) in [6.45, 7) is 7.61. The average molecular weight is 668 g/mol. The van der Waals surface area contributed by atoms with Crippen LogP contribution in [0.2, 0.25) is 0 Å². The number of ether oxygens (including phenoxy) is 2. The molecule has 1 heterocycles. The minimum atomic E-state index is -1.34. The van der Waals surface area contributed by atoms with Gasteiger partial charge in [0.1, 0.15) is 36.1 Å². The van der Waals surface area contributed by atoms with Crippen molar-refractivity contribution in [2.45, 2.75) is 76.1 Å². The molecule has 0 radical (unpaired) electrons. The van der Waals surface area contributed by atoms with E-state index < -0.39 is 36.1 Å². The van der Waals surface area contributed by atoms with Crippen LogP contribution in [-0.4, -0.2) is 108 Å². The van der Waals surface area contributed by atoms with E-state index in [1.807, 2.05) is 37.1 Å². The van der Waals surface area contributed by atoms with Crippen molar-refractivity contribution in [2.24, 2.45) is 0 Å². The minimum Gasteiger partial charge on any atom is -0.387 e. The second-order valence-corrected chi connectivity index (χ2v) is 13.1. The maximum atomic E-state index is 12.5. The van der Waals surface area contributed by atoms with E-state index in [-0.39, 0.29) is 24.8 Å². The molecule has 10 nitrogen and oxygen atoms in total. The zero-order chi connectivity index (χ0) is 34.6. The molecule has 0 saturated carbocycles. The van der Waals surface area contributed by atoms with E-state index in [4.69, 9.17) is 15.9 Å². The highest BCUT2D eigenvalue weighted by molar-refractivity contribution is 7.87. The van der Waals surface area contributed by atoms with Crippen molar-refractivity contribution < 1.29 is 34.4 Å². The number of nitrogens with one attached hydrogen (secondary N) is 2. The summed E-state index contributed by atoms with van der Waals surface area (Å²) in [7, 11) is 1.87. The van der Waals surface area contributed by atoms with Crippen molar-refractivity contribution in [3.05, 3.63) is 70.3 Å². The van der Waals surface area contributed by atoms with Crippen molar-refractivity contribution in [1.82, 2.24) is 15.5 Å². The fraction of sp³-hybridized carbons (Fsp3) is 0.528. The topological polar surface area (TPSA) is 141 Å². The van der Waals surface area contributed by atoms with Gasteiger partial charge in [-0.25, -0.2) is 0 Å². The molecule has 11 heteroatoms. The zero-order valence-corrected chi connectivity index (χ0v) is 28.8. The Morgan fingerprint density at radius 2 is 1.77 bits per heavy atom. The summed E-state index contributed by atoms with van der Waals surface area (Å²) in [5.74, 6) is 2.03. The number of amides is 2. The number of benzene rings is 2. The number of terminal acetylenes is 1. The van der Waals surface area contributed by atoms with Crippen LogP contribution >= 0.6 is 11.2 Å². The highest BCUT2D eigenvalue weighted by atomic mass is 32.1. The standard InChI is InChI=1S/C36H49N3O7S/c1-7-17-39(5)18-16-37-35(44)36(3,4)38-30(40)15-20-45-19-14-25-9-11-26(12-10-25)21-28-22-27(13-8-24(28)2)34-33(43)32(42)31(41)29(46-34)23-47-6/h1,8-13,22,29,31-34,41-43H,14-21H2,2-6H3,(H,37,44)(H,38,40)/t29?,31-,32+,33-,34+/m1/s1. The first-order chi connectivity index (χ1) is 22.4. The molecule has 2 aromatic rings. The molecule has 5 atom stereocenters. The molecule has 0 spiro atoms. The third kappa shape index (κ3) is 11.4. The second kappa shape index (κ2) is 18.3. The third-order valence-corrected chi connectivity index (χ3v) is 8.60. The fourth-order valence-corrected chi connectivity index (χ4v) is 5.64. The van der Waals surface area contributed by atoms with Crippen LogP contribution in [0.5, 0.6) is 0 Å². The van der Waals surface area contributed by atoms with E-state index in [9.17, 15) is 24.9 Å². The molecule has 1 unspecified atom stereocenters. The summed E-state index contributed by atoms with van der Waals surface area (Å²) < 4.78 is 11.6. The molecule has 2 aromatic carbocycles. The Morgan fingerprint density at radius 3 is 2.45 bits per heavy atom. The zero-order valence-electron chi connectivity index (χ0n) is 28.0. The number of aliphatic hydroxyl groups is 3. The van der Waals surface area contributed by atoms with Gasteiger partial charge in [0.2, 0.25) is 11.8 Å². The van der Waals surface area contributed by atoms with Crippen LogP contribution in [0.1, 0.15) is 54.2 Å². The quantitative estimate of drug-likeness (QED) is 0.144. The summed E-state index contributed by atoms with van der Waals surface area (Å²) in [5, 5.41) is 39.9. The van der Waals surface area contributed by atoms with Crippen molar-refractivity contribution in [1.29, 1.82) is 0 Å². The van der Waals surface area contributed by atoms with Gasteiger partial charge in [0.25, 0.3) is 0 Å². The number of likely N-dealkylation sites (N-methyl/N-ethyl adjacent to an activating group) is 1. The predicted octanol–water partition coefficient (Wildman–Crippen LogP) is 1.96. The molecular weight excluding hydrogens is 618 g/mol. The normalized spacial score (nSPS) is 21.1. The summed E-state index contributed by atoms with van der Waals surface area (Å²) in [5.41, 5.74) is 4.05. The van der Waals surface area contributed by atoms with Crippen LogP contribution in [0.25, 0.3) is 0 Å². The van der Waals surface area contributed by atoms with E-state index >= 15 is 0 Å². The number of carbonyl (C=O) groups excluding carboxylic acids is 2. The maximum absolute atomic E-state index is 12.5. The monoisotopic (exact) mass is 667 g/mol. The molecule has 1 aliphatic heterocycles. The SMILES string of the molecule is C#CCN(C)CCNC(=O)C(C)(C)NC(=O)CCOCCc1ccc(Cc2cc([C@@H]3OC(C#SC)[C@@H](O)[C@H](O)[C@H]3O)ccc2C)cc1. The average Bonchev–Trinajstić information content (AvgIpc) is 3.03. The van der Waals surface area contributed by atoms with Crippen LogP contribution in [0, 0.1) is 24.5 Å². The van der Waals surface area contributed by atoms with E-state index in [2.05, 4.69) is 46.0 Å². The molecule has 3 rings (SSSR count). The van der Waals surface area contributed by atoms with Gasteiger partial charge in [-0.15, -0.1) is 17.6 Å². The number of carbonyl (C=O) groups is 2. The molecule has 256 valence electrons. The minimum absolute atomic E-state index is 0.149. The highest BCUT2D eigenvalue weighted by Crippen LogP contribution is 2.33. The lowest BCUT2D eigenvalue weighted by atomic mass is 9.89. The van der Waals surface area contributed by atoms with Crippen LogP contribution < -0.4 is 10.6 Å². The largest absolute Gasteiger partial charge is 0.387 e. The lowest BCUT2D eigenvalue weighted by molar-refractivity contribution is -0.209. The molecule has 1 aliphatic rings. The van der Waals surface area contributed by atoms with Gasteiger partial charge in [-0.3, -0.25) is 14.5 Å². The Balaban J connectivity index is 1.44. The molecule has 47 heavy (non-hydrogen) atoms. The van der Waals surface area contributed by atoms with Crippen molar-refractivity contribution in [2.75, 3.05) is 46.2 Å². The Labute approximate surface area is 282 Å². The van der Waals surface area contributed by atoms with Gasteiger partial charge in [-0.2, -0.15) is 0 Å². The van der Waals surface area contributed by atoms with E-state index in [0.29, 0.717) is 39.1 Å². The number of nitrogens with zero attached hydrogens (tertiary/aromatic N) is 1. The van der Waals surface area contributed by atoms with Gasteiger partial charge in [-0.1, -0.05) is 53.6 Å². The second-order valence-electron chi connectivity index (χ2n) is 12.4. The summed E-state index contributed by atoms with van der Waals surface area (Å²) >= 11 is 1.27. The Kier molecular flexibility index (Phi) is 14.9. The molecule has 1 fully saturated rings. The van der Waals surface area contributed by atoms with Crippen LogP contribution in [0.15, 0.2) is 42.5 Å². The first kappa shape index (κ1) is 38.2. The summed E-state index contributed by atoms with van der Waals surface area (Å²) in [6, 6.07) is 14.1. The molecule has 0 bridgehead atoms. The lowest BCUT2D eigenvalue weighted by Gasteiger charge is -2.39. The van der Waals surface area contributed by atoms with Gasteiger partial charge in [-0.05, 0) is 68.5 Å². The van der Waals surface area contributed by atoms with Gasteiger partial charge in [0.05, 0.1) is 19.8 Å². The number of aliphatic hydroxyl groups excluding tert-OH is 3. The molecule has 2 amide bonds. The molecule has 1 saturated heterocycles. The molecular formula is C36H49N3O7S. The predicted molar refractivity (Wildman–Crippen MR) is 184 cm³/mol. The molecule has 5 N–H and O–H groups in total. The van der Waals surface area contributed by atoms with E-state index in [1.165, 1.54) is 11.2 Å². The van der Waals surface area contributed by atoms with Gasteiger partial charge in [0, 0.05) is 25.8 Å². The lowest BCUT2D eigenvalue weighted by Crippen LogP contribution is -2.55. The molecule has 0 aromatic heterocycles. The first-order valence-corrected chi connectivity index (χ1v) is 17.0. The maximum Gasteiger partial charge on any atom is 0.245 e. The van der Waals surface area contributed by atoms with Crippen LogP contribution in [-0.2, 0) is 31.9 Å². The molecule has 0 aliphatic carbocycles. The van der Waals surface area contributed by atoms with Crippen LogP contribution in [0.3, 0.4) is 0 Å². The number of rotatable bonds is 15. The number of hydrogen-bond acceptors (Lipinski definition) is 8. The van der Waals surface area contributed by atoms with E-state index in [0.717, 1.165) is 27.8 Å². The van der Waals surface area contributed by atoms with Crippen LogP contribution in [0.4, 0.5) is 0 Å². The van der Waals surface area contributed by atoms with Crippen molar-refractivity contribution in [3.63, 3.8) is 0 Å². The summed E-state index contributed by atoms with van der Waals surface area (Å²) in [6.07, 6.45) is 3.13. The summed E-state index contributed by atoms with van der Waals surface area (Å²) in [4.78, 5) is 26.9. The smallest absolute Gasteiger partial charge is 0.245 e. The van der Waals surface area contributed by atoms with Gasteiger partial charge < -0.3 is 35.4 Å². The number of hydrogen-bond donors (Lipinski definition) is 5. The Morgan fingerprint density at radius 1 is 1.06 bits per heavy atom. The Hall–Kier alpha value is -3.30. The Bertz CT molecular complexity index is 1450. The fourth-order valence-electron chi connectivity index (χ4n) is 5.21. The first-order valence-electron chi connectivity index (χ1n) is 15.8. The van der Waals surface area contributed by atoms with Crippen molar-refractivity contribution in [3.8, 4) is 17.5 Å². The highest BCUT2D eigenvalue weighted by Gasteiger charge is 2.43. The van der Waals surface area contributed by atoms with Gasteiger partial charge in [0.15, 0.2) is 0 Å². The number of aryl methyl sites for hydroxylation is 1. The van der Waals surface area contributed by atoms with Crippen molar-refractivity contribution >= 4 is 23.0 Å².